The molecule has 0 aliphatic carbocycles. The maximum Gasteiger partial charge on any atom is 0.195 e. The van der Waals surface area contributed by atoms with Crippen molar-refractivity contribution >= 4 is 23.1 Å². The maximum absolute atomic E-state index is 12.5. The van der Waals surface area contributed by atoms with Crippen LogP contribution >= 0.6 is 11.6 Å². The molecule has 0 saturated carbocycles. The van der Waals surface area contributed by atoms with Crippen LogP contribution in [-0.4, -0.2) is 12.8 Å². The highest BCUT2D eigenvalue weighted by Gasteiger charge is 2.23. The van der Waals surface area contributed by atoms with Crippen molar-refractivity contribution in [3.8, 4) is 0 Å². The van der Waals surface area contributed by atoms with E-state index in [2.05, 4.69) is 4.90 Å². The first-order valence-corrected chi connectivity index (χ1v) is 6.18. The molecule has 0 amide bonds. The summed E-state index contributed by atoms with van der Waals surface area (Å²) in [7, 11) is 2.00. The van der Waals surface area contributed by atoms with Gasteiger partial charge in [0.15, 0.2) is 5.78 Å². The van der Waals surface area contributed by atoms with Crippen LogP contribution in [0.3, 0.4) is 0 Å². The van der Waals surface area contributed by atoms with Crippen molar-refractivity contribution in [3.05, 3.63) is 64.2 Å². The van der Waals surface area contributed by atoms with Gasteiger partial charge in [0, 0.05) is 35.4 Å². The monoisotopic (exact) mass is 257 g/mol. The van der Waals surface area contributed by atoms with Crippen molar-refractivity contribution in [2.24, 2.45) is 0 Å². The predicted molar refractivity (Wildman–Crippen MR) is 73.4 cm³/mol. The van der Waals surface area contributed by atoms with Crippen LogP contribution in [0.15, 0.2) is 42.5 Å². The Bertz CT molecular complexity index is 636. The lowest BCUT2D eigenvalue weighted by molar-refractivity contribution is 0.103. The van der Waals surface area contributed by atoms with Gasteiger partial charge in [0.1, 0.15) is 0 Å². The average Bonchev–Trinajstić information content (AvgIpc) is 2.48. The Morgan fingerprint density at radius 3 is 2.72 bits per heavy atom. The van der Waals surface area contributed by atoms with Gasteiger partial charge in [-0.3, -0.25) is 4.79 Å². The summed E-state index contributed by atoms with van der Waals surface area (Å²) in [6.07, 6.45) is 0. The Hall–Kier alpha value is -1.80. The largest absolute Gasteiger partial charge is 0.370 e. The number of para-hydroxylation sites is 1. The molecule has 0 fully saturated rings. The van der Waals surface area contributed by atoms with Crippen LogP contribution in [0.1, 0.15) is 21.5 Å². The van der Waals surface area contributed by atoms with Gasteiger partial charge >= 0.3 is 0 Å². The Morgan fingerprint density at radius 1 is 1.11 bits per heavy atom. The molecule has 3 heteroatoms. The second kappa shape index (κ2) is 4.14. The summed E-state index contributed by atoms with van der Waals surface area (Å²) in [5.74, 6) is 0.0486. The van der Waals surface area contributed by atoms with Crippen molar-refractivity contribution in [3.63, 3.8) is 0 Å². The number of rotatable bonds is 0. The van der Waals surface area contributed by atoms with Crippen molar-refractivity contribution in [1.29, 1.82) is 0 Å². The maximum atomic E-state index is 12.5. The molecule has 1 aliphatic rings. The van der Waals surface area contributed by atoms with Gasteiger partial charge in [-0.05, 0) is 29.8 Å². The molecule has 0 bridgehead atoms. The number of carbonyl (C=O) groups excluding carboxylic acids is 1. The number of hydrogen-bond acceptors (Lipinski definition) is 2. The number of carbonyl (C=O) groups is 1. The van der Waals surface area contributed by atoms with E-state index in [9.17, 15) is 4.79 Å². The van der Waals surface area contributed by atoms with Crippen molar-refractivity contribution < 1.29 is 4.79 Å². The molecule has 0 unspecified atom stereocenters. The topological polar surface area (TPSA) is 20.3 Å². The van der Waals surface area contributed by atoms with E-state index < -0.39 is 0 Å². The molecular formula is C15H12ClNO. The number of fused-ring (bicyclic) bond motifs is 2. The number of benzene rings is 2. The van der Waals surface area contributed by atoms with Gasteiger partial charge in [0.25, 0.3) is 0 Å². The molecule has 1 aliphatic heterocycles. The van der Waals surface area contributed by atoms with Gasteiger partial charge in [-0.15, -0.1) is 0 Å². The minimum absolute atomic E-state index is 0.0486. The number of ketones is 1. The summed E-state index contributed by atoms with van der Waals surface area (Å²) >= 11 is 5.99. The second-order valence-electron chi connectivity index (χ2n) is 4.50. The summed E-state index contributed by atoms with van der Waals surface area (Å²) in [6, 6.07) is 13.2. The summed E-state index contributed by atoms with van der Waals surface area (Å²) in [4.78, 5) is 14.6. The molecule has 2 nitrogen and oxygen atoms in total. The molecule has 0 radical (unpaired) electrons. The third-order valence-corrected chi connectivity index (χ3v) is 3.52. The normalized spacial score (nSPS) is 13.9. The Balaban J connectivity index is 2.26. The van der Waals surface area contributed by atoms with Crippen LogP contribution in [0.25, 0.3) is 0 Å². The van der Waals surface area contributed by atoms with Gasteiger partial charge in [-0.2, -0.15) is 0 Å². The first-order valence-electron chi connectivity index (χ1n) is 5.80. The lowest BCUT2D eigenvalue weighted by Gasteiger charge is -2.18. The standard InChI is InChI=1S/C15H12ClNO/c1-17-9-10-6-7-11(16)8-13(10)15(18)12-4-2-3-5-14(12)17/h2-8H,9H2,1H3. The first-order chi connectivity index (χ1) is 8.66. The zero-order chi connectivity index (χ0) is 12.7. The molecule has 1 heterocycles. The molecule has 0 atom stereocenters. The Kier molecular flexibility index (Phi) is 2.60. The highest BCUT2D eigenvalue weighted by atomic mass is 35.5. The van der Waals surface area contributed by atoms with E-state index in [4.69, 9.17) is 11.6 Å². The van der Waals surface area contributed by atoms with Crippen molar-refractivity contribution in [2.75, 3.05) is 11.9 Å². The van der Waals surface area contributed by atoms with Crippen molar-refractivity contribution in [1.82, 2.24) is 0 Å². The average molecular weight is 258 g/mol. The fraction of sp³-hybridized carbons (Fsp3) is 0.133. The minimum Gasteiger partial charge on any atom is -0.370 e. The van der Waals surface area contributed by atoms with Gasteiger partial charge in [-0.1, -0.05) is 29.8 Å². The molecule has 0 aromatic heterocycles. The predicted octanol–water partition coefficient (Wildman–Crippen LogP) is 3.52. The molecule has 2 aromatic carbocycles. The molecule has 18 heavy (non-hydrogen) atoms. The number of halogens is 1. The fourth-order valence-electron chi connectivity index (χ4n) is 2.38. The Labute approximate surface area is 111 Å². The number of anilines is 1. The Morgan fingerprint density at radius 2 is 1.89 bits per heavy atom. The molecule has 2 aromatic rings. The van der Waals surface area contributed by atoms with E-state index in [0.717, 1.165) is 23.4 Å². The van der Waals surface area contributed by atoms with Gasteiger partial charge in [0.2, 0.25) is 0 Å². The molecule has 3 rings (SSSR count). The highest BCUT2D eigenvalue weighted by Crippen LogP contribution is 2.30. The zero-order valence-electron chi connectivity index (χ0n) is 9.98. The summed E-state index contributed by atoms with van der Waals surface area (Å²) < 4.78 is 0. The van der Waals surface area contributed by atoms with E-state index in [1.165, 1.54) is 0 Å². The molecule has 0 spiro atoms. The third kappa shape index (κ3) is 1.70. The number of hydrogen-bond donors (Lipinski definition) is 0. The minimum atomic E-state index is 0.0486. The number of nitrogens with zero attached hydrogens (tertiary/aromatic N) is 1. The molecule has 0 saturated heterocycles. The lowest BCUT2D eigenvalue weighted by atomic mass is 9.99. The van der Waals surface area contributed by atoms with Crippen LogP contribution in [-0.2, 0) is 6.54 Å². The smallest absolute Gasteiger partial charge is 0.195 e. The van der Waals surface area contributed by atoms with Crippen LogP contribution in [0.2, 0.25) is 5.02 Å². The van der Waals surface area contributed by atoms with E-state index >= 15 is 0 Å². The quantitative estimate of drug-likeness (QED) is 0.720. The van der Waals surface area contributed by atoms with Crippen LogP contribution in [0.5, 0.6) is 0 Å². The molecule has 0 N–H and O–H groups in total. The van der Waals surface area contributed by atoms with Crippen LogP contribution in [0, 0.1) is 0 Å². The molecule has 90 valence electrons. The lowest BCUT2D eigenvalue weighted by Crippen LogP contribution is -2.16. The van der Waals surface area contributed by atoms with E-state index in [1.54, 1.807) is 6.07 Å². The van der Waals surface area contributed by atoms with E-state index in [1.807, 2.05) is 43.4 Å². The molecular weight excluding hydrogens is 246 g/mol. The summed E-state index contributed by atoms with van der Waals surface area (Å²) in [6.45, 7) is 0.718. The SMILES string of the molecule is CN1Cc2ccc(Cl)cc2C(=O)c2ccccc21. The summed E-state index contributed by atoms with van der Waals surface area (Å²) in [5.41, 5.74) is 3.43. The highest BCUT2D eigenvalue weighted by molar-refractivity contribution is 6.31. The zero-order valence-corrected chi connectivity index (χ0v) is 10.7. The third-order valence-electron chi connectivity index (χ3n) is 3.28. The van der Waals surface area contributed by atoms with Crippen molar-refractivity contribution in [2.45, 2.75) is 6.54 Å². The van der Waals surface area contributed by atoms with Gasteiger partial charge in [-0.25, -0.2) is 0 Å². The van der Waals surface area contributed by atoms with Gasteiger partial charge < -0.3 is 4.90 Å². The van der Waals surface area contributed by atoms with E-state index in [-0.39, 0.29) is 5.78 Å². The van der Waals surface area contributed by atoms with E-state index in [0.29, 0.717) is 10.6 Å². The van der Waals surface area contributed by atoms with Crippen LogP contribution in [0.4, 0.5) is 5.69 Å². The second-order valence-corrected chi connectivity index (χ2v) is 4.94. The first kappa shape index (κ1) is 11.3. The summed E-state index contributed by atoms with van der Waals surface area (Å²) in [5, 5.41) is 0.601. The van der Waals surface area contributed by atoms with Gasteiger partial charge in [0.05, 0.1) is 0 Å². The fourth-order valence-corrected chi connectivity index (χ4v) is 2.55. The van der Waals surface area contributed by atoms with Crippen LogP contribution < -0.4 is 4.90 Å².